The predicted octanol–water partition coefficient (Wildman–Crippen LogP) is 2.16. The molecule has 1 rings (SSSR count). The van der Waals surface area contributed by atoms with Crippen LogP contribution in [0.1, 0.15) is 39.2 Å². The van der Waals surface area contributed by atoms with Gasteiger partial charge in [0.1, 0.15) is 0 Å². The second-order valence-corrected chi connectivity index (χ2v) is 5.62. The zero-order chi connectivity index (χ0) is 11.1. The van der Waals surface area contributed by atoms with E-state index in [0.29, 0.717) is 6.10 Å². The Morgan fingerprint density at radius 3 is 2.67 bits per heavy atom. The summed E-state index contributed by atoms with van der Waals surface area (Å²) in [7, 11) is -0.516. The molecule has 0 saturated carbocycles. The molecule has 1 aromatic carbocycles. The summed E-state index contributed by atoms with van der Waals surface area (Å²) in [5, 5.41) is 1.49. The molecular formula is C13H22OSi. The van der Waals surface area contributed by atoms with Gasteiger partial charge in [0.15, 0.2) is 9.76 Å². The highest BCUT2D eigenvalue weighted by molar-refractivity contribution is 6.47. The Labute approximate surface area is 95.8 Å². The van der Waals surface area contributed by atoms with E-state index in [1.165, 1.54) is 30.0 Å². The van der Waals surface area contributed by atoms with Crippen LogP contribution in [-0.4, -0.2) is 15.9 Å². The predicted molar refractivity (Wildman–Crippen MR) is 69.5 cm³/mol. The second kappa shape index (κ2) is 6.80. The lowest BCUT2D eigenvalue weighted by Crippen LogP contribution is -2.24. The maximum atomic E-state index is 5.79. The summed E-state index contributed by atoms with van der Waals surface area (Å²) >= 11 is 0. The lowest BCUT2D eigenvalue weighted by Gasteiger charge is -2.11. The van der Waals surface area contributed by atoms with Crippen molar-refractivity contribution >= 4 is 14.9 Å². The van der Waals surface area contributed by atoms with Crippen molar-refractivity contribution in [2.75, 3.05) is 0 Å². The molecule has 0 aliphatic rings. The molecule has 0 saturated heterocycles. The molecule has 0 spiro atoms. The molecule has 0 aromatic heterocycles. The van der Waals surface area contributed by atoms with Crippen LogP contribution in [0.25, 0.3) is 0 Å². The van der Waals surface area contributed by atoms with Gasteiger partial charge in [-0.3, -0.25) is 0 Å². The van der Waals surface area contributed by atoms with Crippen molar-refractivity contribution in [3.63, 3.8) is 0 Å². The Kier molecular flexibility index (Phi) is 5.65. The van der Waals surface area contributed by atoms with Crippen LogP contribution in [0.5, 0.6) is 0 Å². The lowest BCUT2D eigenvalue weighted by molar-refractivity contribution is 0.260. The number of hydrogen-bond acceptors (Lipinski definition) is 1. The monoisotopic (exact) mass is 222 g/mol. The largest absolute Gasteiger partial charge is 0.416 e. The summed E-state index contributed by atoms with van der Waals surface area (Å²) in [4.78, 5) is 0. The molecule has 0 fully saturated rings. The Morgan fingerprint density at radius 1 is 1.27 bits per heavy atom. The Bertz CT molecular complexity index is 284. The molecule has 1 nitrogen and oxygen atoms in total. The standard InChI is InChI=1S/C13H22OSi/c1-4-5-8-12-9-6-7-10-13(12)15-14-11(2)3/h6-7,9-11H,4-5,8,15H2,1-3H3. The Balaban J connectivity index is 2.59. The van der Waals surface area contributed by atoms with Crippen molar-refractivity contribution < 1.29 is 4.43 Å². The third-order valence-electron chi connectivity index (χ3n) is 2.49. The van der Waals surface area contributed by atoms with Crippen molar-refractivity contribution in [3.05, 3.63) is 29.8 Å². The lowest BCUT2D eigenvalue weighted by atomic mass is 10.1. The van der Waals surface area contributed by atoms with Crippen LogP contribution in [0, 0.1) is 0 Å². The van der Waals surface area contributed by atoms with Gasteiger partial charge in [-0.2, -0.15) is 0 Å². The van der Waals surface area contributed by atoms with Crippen molar-refractivity contribution in [3.8, 4) is 0 Å². The molecule has 0 aliphatic carbocycles. The maximum Gasteiger partial charge on any atom is 0.192 e. The summed E-state index contributed by atoms with van der Waals surface area (Å²) in [6, 6.07) is 8.75. The summed E-state index contributed by atoms with van der Waals surface area (Å²) in [5.74, 6) is 0. The summed E-state index contributed by atoms with van der Waals surface area (Å²) < 4.78 is 5.79. The molecule has 84 valence electrons. The highest BCUT2D eigenvalue weighted by Crippen LogP contribution is 2.02. The summed E-state index contributed by atoms with van der Waals surface area (Å²) in [6.07, 6.45) is 4.13. The van der Waals surface area contributed by atoms with Gasteiger partial charge in [0.25, 0.3) is 0 Å². The summed E-state index contributed by atoms with van der Waals surface area (Å²) in [6.45, 7) is 6.47. The number of aryl methyl sites for hydroxylation is 1. The molecule has 0 N–H and O–H groups in total. The zero-order valence-corrected chi connectivity index (χ0v) is 11.5. The highest BCUT2D eigenvalue weighted by atomic mass is 28.2. The third kappa shape index (κ3) is 4.63. The first-order valence-corrected chi connectivity index (χ1v) is 7.21. The van der Waals surface area contributed by atoms with E-state index in [0.717, 1.165) is 0 Å². The fourth-order valence-corrected chi connectivity index (χ4v) is 2.79. The SMILES string of the molecule is CCCCc1ccccc1[SiH2]OC(C)C. The van der Waals surface area contributed by atoms with E-state index in [-0.39, 0.29) is 0 Å². The third-order valence-corrected chi connectivity index (χ3v) is 4.32. The smallest absolute Gasteiger partial charge is 0.192 e. The molecule has 0 bridgehead atoms. The van der Waals surface area contributed by atoms with Gasteiger partial charge in [0.05, 0.1) is 0 Å². The van der Waals surface area contributed by atoms with Crippen molar-refractivity contribution in [1.29, 1.82) is 0 Å². The molecular weight excluding hydrogens is 200 g/mol. The van der Waals surface area contributed by atoms with Gasteiger partial charge in [-0.1, -0.05) is 37.6 Å². The van der Waals surface area contributed by atoms with E-state index in [1.54, 1.807) is 0 Å². The minimum Gasteiger partial charge on any atom is -0.416 e. The van der Waals surface area contributed by atoms with Crippen molar-refractivity contribution in [1.82, 2.24) is 0 Å². The van der Waals surface area contributed by atoms with Gasteiger partial charge in [0.2, 0.25) is 0 Å². The van der Waals surface area contributed by atoms with E-state index in [2.05, 4.69) is 45.0 Å². The normalized spacial score (nSPS) is 11.7. The molecule has 1 aromatic rings. The van der Waals surface area contributed by atoms with E-state index < -0.39 is 9.76 Å². The first-order valence-electron chi connectivity index (χ1n) is 5.92. The molecule has 0 amide bonds. The summed E-state index contributed by atoms with van der Waals surface area (Å²) in [5.41, 5.74) is 1.51. The number of rotatable bonds is 6. The van der Waals surface area contributed by atoms with Gasteiger partial charge in [0, 0.05) is 6.10 Å². The molecule has 0 radical (unpaired) electrons. The average Bonchev–Trinajstić information content (AvgIpc) is 2.24. The highest BCUT2D eigenvalue weighted by Gasteiger charge is 2.03. The molecule has 0 atom stereocenters. The van der Waals surface area contributed by atoms with Crippen LogP contribution in [0.3, 0.4) is 0 Å². The fourth-order valence-electron chi connectivity index (χ4n) is 1.57. The van der Waals surface area contributed by atoms with E-state index >= 15 is 0 Å². The van der Waals surface area contributed by atoms with Crippen LogP contribution < -0.4 is 5.19 Å². The number of unbranched alkanes of at least 4 members (excludes halogenated alkanes) is 1. The van der Waals surface area contributed by atoms with Gasteiger partial charge in [-0.25, -0.2) is 0 Å². The molecule has 0 aliphatic heterocycles. The van der Waals surface area contributed by atoms with Crippen LogP contribution in [0.15, 0.2) is 24.3 Å². The van der Waals surface area contributed by atoms with Crippen LogP contribution >= 0.6 is 0 Å². The van der Waals surface area contributed by atoms with E-state index in [9.17, 15) is 0 Å². The Morgan fingerprint density at radius 2 is 2.00 bits per heavy atom. The van der Waals surface area contributed by atoms with Gasteiger partial charge >= 0.3 is 0 Å². The van der Waals surface area contributed by atoms with E-state index in [1.807, 2.05) is 0 Å². The van der Waals surface area contributed by atoms with Gasteiger partial charge < -0.3 is 4.43 Å². The minimum atomic E-state index is -0.516. The Hall–Kier alpha value is -0.603. The van der Waals surface area contributed by atoms with Gasteiger partial charge in [-0.15, -0.1) is 0 Å². The maximum absolute atomic E-state index is 5.79. The first-order chi connectivity index (χ1) is 7.24. The number of hydrogen-bond donors (Lipinski definition) is 0. The number of benzene rings is 1. The topological polar surface area (TPSA) is 9.23 Å². The molecule has 0 heterocycles. The van der Waals surface area contributed by atoms with Crippen LogP contribution in [0.2, 0.25) is 0 Å². The molecule has 15 heavy (non-hydrogen) atoms. The second-order valence-electron chi connectivity index (χ2n) is 4.23. The fraction of sp³-hybridized carbons (Fsp3) is 0.538. The van der Waals surface area contributed by atoms with Gasteiger partial charge in [-0.05, 0) is 37.4 Å². The first kappa shape index (κ1) is 12.5. The minimum absolute atomic E-state index is 0.371. The van der Waals surface area contributed by atoms with E-state index in [4.69, 9.17) is 4.43 Å². The average molecular weight is 222 g/mol. The molecule has 2 heteroatoms. The quantitative estimate of drug-likeness (QED) is 0.670. The van der Waals surface area contributed by atoms with Crippen molar-refractivity contribution in [2.24, 2.45) is 0 Å². The molecule has 0 unspecified atom stereocenters. The van der Waals surface area contributed by atoms with Crippen LogP contribution in [-0.2, 0) is 10.8 Å². The zero-order valence-electron chi connectivity index (χ0n) is 10.1. The van der Waals surface area contributed by atoms with Crippen molar-refractivity contribution in [2.45, 2.75) is 46.1 Å². The van der Waals surface area contributed by atoms with Crippen LogP contribution in [0.4, 0.5) is 0 Å².